The SMILES string of the molecule is CCCN(CCC)C(=O)c1cncc(C(=O)N(Cc2cccc(C(C)C)c2)CC(O)C(N)Cc2cc(F)cc(F)c2)c1. The predicted molar refractivity (Wildman–Crippen MR) is 160 cm³/mol. The minimum Gasteiger partial charge on any atom is -0.390 e. The summed E-state index contributed by atoms with van der Waals surface area (Å²) in [4.78, 5) is 34.5. The molecule has 1 aromatic heterocycles. The van der Waals surface area contributed by atoms with Crippen LogP contribution in [0.5, 0.6) is 0 Å². The van der Waals surface area contributed by atoms with E-state index in [1.807, 2.05) is 38.1 Å². The summed E-state index contributed by atoms with van der Waals surface area (Å²) in [6.07, 6.45) is 3.29. The van der Waals surface area contributed by atoms with Crippen LogP contribution in [0.1, 0.15) is 83.9 Å². The second kappa shape index (κ2) is 15.5. The number of hydrogen-bond acceptors (Lipinski definition) is 5. The van der Waals surface area contributed by atoms with Crippen molar-refractivity contribution in [3.05, 3.63) is 100 Å². The van der Waals surface area contributed by atoms with Gasteiger partial charge in [0.2, 0.25) is 0 Å². The first-order valence-corrected chi connectivity index (χ1v) is 14.5. The summed E-state index contributed by atoms with van der Waals surface area (Å²) in [5, 5.41) is 11.1. The Morgan fingerprint density at radius 2 is 1.48 bits per heavy atom. The molecule has 1 heterocycles. The van der Waals surface area contributed by atoms with Gasteiger partial charge >= 0.3 is 0 Å². The Hall–Kier alpha value is -3.69. The summed E-state index contributed by atoms with van der Waals surface area (Å²) in [6, 6.07) is 11.6. The third-order valence-corrected chi connectivity index (χ3v) is 7.08. The molecular weight excluding hydrogens is 538 g/mol. The van der Waals surface area contributed by atoms with Crippen LogP contribution < -0.4 is 5.73 Å². The van der Waals surface area contributed by atoms with Gasteiger partial charge in [0.25, 0.3) is 11.8 Å². The zero-order chi connectivity index (χ0) is 30.8. The van der Waals surface area contributed by atoms with Gasteiger partial charge in [-0.2, -0.15) is 0 Å². The quantitative estimate of drug-likeness (QED) is 0.269. The van der Waals surface area contributed by atoms with E-state index in [1.165, 1.54) is 35.5 Å². The van der Waals surface area contributed by atoms with Crippen LogP contribution in [-0.4, -0.2) is 63.5 Å². The molecular formula is C33H42F2N4O3. The third kappa shape index (κ3) is 9.16. The van der Waals surface area contributed by atoms with Crippen molar-refractivity contribution in [3.63, 3.8) is 0 Å². The van der Waals surface area contributed by atoms with E-state index >= 15 is 0 Å². The molecule has 2 aromatic carbocycles. The van der Waals surface area contributed by atoms with Crippen LogP contribution >= 0.6 is 0 Å². The Kier molecular flexibility index (Phi) is 12.1. The molecule has 3 aromatic rings. The predicted octanol–water partition coefficient (Wildman–Crippen LogP) is 5.32. The molecule has 0 aliphatic carbocycles. The number of carbonyl (C=O) groups excluding carboxylic acids is 2. The lowest BCUT2D eigenvalue weighted by Gasteiger charge is -2.29. The van der Waals surface area contributed by atoms with Gasteiger partial charge in [-0.25, -0.2) is 8.78 Å². The number of aliphatic hydroxyl groups excluding tert-OH is 1. The maximum Gasteiger partial charge on any atom is 0.255 e. The topological polar surface area (TPSA) is 99.8 Å². The highest BCUT2D eigenvalue weighted by atomic mass is 19.1. The van der Waals surface area contributed by atoms with Crippen LogP contribution in [-0.2, 0) is 13.0 Å². The fraction of sp³-hybridized carbons (Fsp3) is 0.424. The summed E-state index contributed by atoms with van der Waals surface area (Å²) < 4.78 is 27.4. The number of amides is 2. The van der Waals surface area contributed by atoms with Gasteiger partial charge in [-0.15, -0.1) is 0 Å². The van der Waals surface area contributed by atoms with E-state index in [2.05, 4.69) is 18.8 Å². The number of aromatic nitrogens is 1. The zero-order valence-electron chi connectivity index (χ0n) is 24.9. The molecule has 42 heavy (non-hydrogen) atoms. The van der Waals surface area contributed by atoms with Crippen molar-refractivity contribution in [1.82, 2.24) is 14.8 Å². The Labute approximate surface area is 247 Å². The molecule has 0 saturated carbocycles. The molecule has 0 saturated heterocycles. The molecule has 0 aliphatic rings. The Balaban J connectivity index is 1.89. The van der Waals surface area contributed by atoms with Gasteiger partial charge < -0.3 is 20.6 Å². The zero-order valence-corrected chi connectivity index (χ0v) is 24.9. The number of nitrogens with zero attached hydrogens (tertiary/aromatic N) is 3. The van der Waals surface area contributed by atoms with Crippen molar-refractivity contribution in [3.8, 4) is 0 Å². The summed E-state index contributed by atoms with van der Waals surface area (Å²) >= 11 is 0. The molecule has 7 nitrogen and oxygen atoms in total. The second-order valence-electron chi connectivity index (χ2n) is 11.1. The summed E-state index contributed by atoms with van der Waals surface area (Å²) in [7, 11) is 0. The monoisotopic (exact) mass is 580 g/mol. The number of nitrogens with two attached hydrogens (primary N) is 1. The molecule has 0 radical (unpaired) electrons. The maximum absolute atomic E-state index is 13.9. The summed E-state index contributed by atoms with van der Waals surface area (Å²) in [5.74, 6) is -1.80. The van der Waals surface area contributed by atoms with E-state index in [4.69, 9.17) is 5.73 Å². The first kappa shape index (κ1) is 32.8. The Morgan fingerprint density at radius 3 is 2.05 bits per heavy atom. The molecule has 0 bridgehead atoms. The lowest BCUT2D eigenvalue weighted by molar-refractivity contribution is 0.0554. The van der Waals surface area contributed by atoms with E-state index in [0.717, 1.165) is 30.0 Å². The van der Waals surface area contributed by atoms with Crippen molar-refractivity contribution < 1.29 is 23.5 Å². The lowest BCUT2D eigenvalue weighted by atomic mass is 9.99. The van der Waals surface area contributed by atoms with Crippen LogP contribution in [0, 0.1) is 11.6 Å². The van der Waals surface area contributed by atoms with Crippen molar-refractivity contribution in [2.24, 2.45) is 5.73 Å². The second-order valence-corrected chi connectivity index (χ2v) is 11.1. The molecule has 0 spiro atoms. The van der Waals surface area contributed by atoms with E-state index in [0.29, 0.717) is 24.2 Å². The average Bonchev–Trinajstić information content (AvgIpc) is 2.95. The fourth-order valence-electron chi connectivity index (χ4n) is 4.88. The van der Waals surface area contributed by atoms with Crippen LogP contribution in [0.2, 0.25) is 0 Å². The van der Waals surface area contributed by atoms with Crippen LogP contribution in [0.3, 0.4) is 0 Å². The van der Waals surface area contributed by atoms with E-state index in [-0.39, 0.29) is 36.9 Å². The first-order chi connectivity index (χ1) is 20.0. The maximum atomic E-state index is 13.9. The molecule has 3 N–H and O–H groups in total. The fourth-order valence-corrected chi connectivity index (χ4v) is 4.88. The van der Waals surface area contributed by atoms with Crippen molar-refractivity contribution >= 4 is 11.8 Å². The molecule has 2 amide bonds. The summed E-state index contributed by atoms with van der Waals surface area (Å²) in [5.41, 5.74) is 9.05. The largest absolute Gasteiger partial charge is 0.390 e. The number of carbonyl (C=O) groups is 2. The van der Waals surface area contributed by atoms with Crippen LogP contribution in [0.4, 0.5) is 8.78 Å². The van der Waals surface area contributed by atoms with Gasteiger partial charge in [0.05, 0.1) is 17.2 Å². The van der Waals surface area contributed by atoms with E-state index in [9.17, 15) is 23.5 Å². The van der Waals surface area contributed by atoms with Crippen LogP contribution in [0.25, 0.3) is 0 Å². The smallest absolute Gasteiger partial charge is 0.255 e. The highest BCUT2D eigenvalue weighted by Gasteiger charge is 2.25. The van der Waals surface area contributed by atoms with Gasteiger partial charge in [-0.3, -0.25) is 14.6 Å². The van der Waals surface area contributed by atoms with Crippen molar-refractivity contribution in [1.29, 1.82) is 0 Å². The van der Waals surface area contributed by atoms with Gasteiger partial charge in [0.15, 0.2) is 0 Å². The number of rotatable bonds is 14. The standard InChI is InChI=1S/C33H42F2N4O3/c1-5-10-38(11-6-2)32(41)26-16-27(19-37-18-26)33(42)39(20-23-8-7-9-25(12-23)22(3)4)21-31(40)30(36)15-24-13-28(34)17-29(35)14-24/h7-9,12-14,16-19,22,30-31,40H,5-6,10-11,15,20-21,36H2,1-4H3. The molecule has 3 rings (SSSR count). The molecule has 2 unspecified atom stereocenters. The number of benzene rings is 2. The number of aliphatic hydroxyl groups is 1. The van der Waals surface area contributed by atoms with E-state index in [1.54, 1.807) is 4.90 Å². The van der Waals surface area contributed by atoms with Crippen molar-refractivity contribution in [2.45, 2.75) is 71.6 Å². The normalized spacial score (nSPS) is 12.7. The number of hydrogen-bond donors (Lipinski definition) is 2. The molecule has 9 heteroatoms. The Morgan fingerprint density at radius 1 is 0.881 bits per heavy atom. The molecule has 0 aliphatic heterocycles. The highest BCUT2D eigenvalue weighted by molar-refractivity contribution is 5.99. The minimum atomic E-state index is -1.20. The lowest BCUT2D eigenvalue weighted by Crippen LogP contribution is -2.46. The molecule has 226 valence electrons. The molecule has 0 fully saturated rings. The number of halogens is 2. The minimum absolute atomic E-state index is 0.0109. The first-order valence-electron chi connectivity index (χ1n) is 14.5. The highest BCUT2D eigenvalue weighted by Crippen LogP contribution is 2.19. The third-order valence-electron chi connectivity index (χ3n) is 7.08. The van der Waals surface area contributed by atoms with Gasteiger partial charge in [-0.05, 0) is 60.1 Å². The van der Waals surface area contributed by atoms with E-state index < -0.39 is 29.7 Å². The average molecular weight is 581 g/mol. The molecule has 2 atom stereocenters. The van der Waals surface area contributed by atoms with Gasteiger partial charge in [0, 0.05) is 50.7 Å². The summed E-state index contributed by atoms with van der Waals surface area (Å²) in [6.45, 7) is 9.39. The van der Waals surface area contributed by atoms with Crippen LogP contribution in [0.15, 0.2) is 60.9 Å². The van der Waals surface area contributed by atoms with Crippen molar-refractivity contribution in [2.75, 3.05) is 19.6 Å². The van der Waals surface area contributed by atoms with Gasteiger partial charge in [0.1, 0.15) is 11.6 Å². The number of pyridine rings is 1. The van der Waals surface area contributed by atoms with Gasteiger partial charge in [-0.1, -0.05) is 52.0 Å². The Bertz CT molecular complexity index is 1320.